The molecule has 0 bridgehead atoms. The van der Waals surface area contributed by atoms with Gasteiger partial charge >= 0.3 is 0 Å². The number of imidazole rings is 1. The Morgan fingerprint density at radius 1 is 1.12 bits per heavy atom. The van der Waals surface area contributed by atoms with E-state index in [0.717, 1.165) is 5.56 Å². The number of aromatic nitrogens is 6. The maximum Gasteiger partial charge on any atom is 0.280 e. The molecule has 6 rings (SSSR count). The first-order valence-corrected chi connectivity index (χ1v) is 12.4. The van der Waals surface area contributed by atoms with Gasteiger partial charge in [0.2, 0.25) is 23.6 Å². The summed E-state index contributed by atoms with van der Waals surface area (Å²) in [5.41, 5.74) is 1.92. The molecule has 14 heteroatoms. The predicted molar refractivity (Wildman–Crippen MR) is 143 cm³/mol. The van der Waals surface area contributed by atoms with Crippen molar-refractivity contribution in [2.45, 2.75) is 31.8 Å². The zero-order valence-corrected chi connectivity index (χ0v) is 21.1. The second-order valence-corrected chi connectivity index (χ2v) is 9.20. The first-order valence-electron chi connectivity index (χ1n) is 12.4. The standard InChI is InChI=1S/C26H24N8O6/c1-13(36)28-16-8-7-15(25-33-32-24(40-25)14-5-3-2-4-6-14)9-17(16)29-26-30-22-21(23(38)31-26)27-12-34(22)20-10-18(37)19(11-35)39-20/h2-9,12,18-20,35,37H,10-11H2,1H3,(H,28,36)(H2,29,30,31,38)/t18?,19-,20?/m1/s1. The normalized spacial score (nSPS) is 18.7. The lowest BCUT2D eigenvalue weighted by atomic mass is 10.1. The summed E-state index contributed by atoms with van der Waals surface area (Å²) in [4.78, 5) is 36.0. The third-order valence-electron chi connectivity index (χ3n) is 6.40. The second kappa shape index (κ2) is 10.3. The SMILES string of the molecule is CC(=O)Nc1ccc(-c2nnc(-c3ccccc3)o2)cc1Nc1nc2c(ncn2C2CC(O)[C@@H](CO)O2)c(=O)[nH]1. The maximum absolute atomic E-state index is 12.8. The van der Waals surface area contributed by atoms with Gasteiger partial charge in [0.15, 0.2) is 11.2 Å². The number of hydrogen-bond acceptors (Lipinski definition) is 11. The number of rotatable bonds is 7. The smallest absolute Gasteiger partial charge is 0.280 e. The number of amides is 1. The van der Waals surface area contributed by atoms with Crippen LogP contribution in [-0.2, 0) is 9.53 Å². The molecule has 40 heavy (non-hydrogen) atoms. The van der Waals surface area contributed by atoms with Gasteiger partial charge < -0.3 is 30.0 Å². The minimum atomic E-state index is -0.873. The fourth-order valence-corrected chi connectivity index (χ4v) is 4.49. The van der Waals surface area contributed by atoms with Crippen molar-refractivity contribution in [1.29, 1.82) is 0 Å². The molecule has 1 saturated heterocycles. The highest BCUT2D eigenvalue weighted by Gasteiger charge is 2.35. The largest absolute Gasteiger partial charge is 0.416 e. The van der Waals surface area contributed by atoms with Crippen LogP contribution in [-0.4, -0.2) is 64.7 Å². The molecule has 14 nitrogen and oxygen atoms in total. The molecule has 0 radical (unpaired) electrons. The Morgan fingerprint density at radius 2 is 1.90 bits per heavy atom. The highest BCUT2D eigenvalue weighted by Crippen LogP contribution is 2.33. The Balaban J connectivity index is 1.36. The van der Waals surface area contributed by atoms with Crippen LogP contribution in [0.1, 0.15) is 19.6 Å². The molecule has 0 saturated carbocycles. The highest BCUT2D eigenvalue weighted by atomic mass is 16.5. The Kier molecular flexibility index (Phi) is 6.55. The van der Waals surface area contributed by atoms with E-state index in [-0.39, 0.29) is 41.9 Å². The molecular formula is C26H24N8O6. The van der Waals surface area contributed by atoms with E-state index in [9.17, 15) is 19.8 Å². The average Bonchev–Trinajstić information content (AvgIpc) is 3.68. The van der Waals surface area contributed by atoms with E-state index in [1.165, 1.54) is 17.8 Å². The Hall–Kier alpha value is -4.92. The number of anilines is 3. The van der Waals surface area contributed by atoms with Crippen LogP contribution in [0.3, 0.4) is 0 Å². The van der Waals surface area contributed by atoms with Gasteiger partial charge in [-0.3, -0.25) is 19.1 Å². The van der Waals surface area contributed by atoms with Gasteiger partial charge in [0.1, 0.15) is 12.3 Å². The number of benzene rings is 2. The summed E-state index contributed by atoms with van der Waals surface area (Å²) < 4.78 is 13.1. The number of carbonyl (C=O) groups excluding carboxylic acids is 1. The molecule has 3 aromatic heterocycles. The van der Waals surface area contributed by atoms with Crippen LogP contribution < -0.4 is 16.2 Å². The van der Waals surface area contributed by atoms with Gasteiger partial charge in [0.05, 0.1) is 30.4 Å². The van der Waals surface area contributed by atoms with E-state index in [4.69, 9.17) is 9.15 Å². The van der Waals surface area contributed by atoms with Crippen molar-refractivity contribution in [3.63, 3.8) is 0 Å². The number of nitrogens with zero attached hydrogens (tertiary/aromatic N) is 5. The van der Waals surface area contributed by atoms with E-state index >= 15 is 0 Å². The quantitative estimate of drug-likeness (QED) is 0.202. The molecule has 204 valence electrons. The number of fused-ring (bicyclic) bond motifs is 1. The number of H-pyrrole nitrogens is 1. The number of carbonyl (C=O) groups is 1. The lowest BCUT2D eigenvalue weighted by Gasteiger charge is -2.15. The van der Waals surface area contributed by atoms with E-state index in [1.807, 2.05) is 30.3 Å². The predicted octanol–water partition coefficient (Wildman–Crippen LogP) is 2.18. The molecular weight excluding hydrogens is 520 g/mol. The van der Waals surface area contributed by atoms with Crippen molar-refractivity contribution in [2.75, 3.05) is 17.2 Å². The van der Waals surface area contributed by atoms with Crippen LogP contribution in [0.4, 0.5) is 17.3 Å². The molecule has 2 aromatic carbocycles. The minimum absolute atomic E-state index is 0.0655. The van der Waals surface area contributed by atoms with Gasteiger partial charge in [0.25, 0.3) is 5.56 Å². The van der Waals surface area contributed by atoms with Gasteiger partial charge in [-0.25, -0.2) is 4.98 Å². The first kappa shape index (κ1) is 25.4. The van der Waals surface area contributed by atoms with Crippen LogP contribution in [0.5, 0.6) is 0 Å². The lowest BCUT2D eigenvalue weighted by Crippen LogP contribution is -2.24. The molecule has 1 aliphatic rings. The van der Waals surface area contributed by atoms with Crippen molar-refractivity contribution >= 4 is 34.4 Å². The molecule has 1 fully saturated rings. The van der Waals surface area contributed by atoms with E-state index < -0.39 is 24.0 Å². The topological polar surface area (TPSA) is 193 Å². The van der Waals surface area contributed by atoms with Crippen LogP contribution in [0.25, 0.3) is 34.1 Å². The average molecular weight is 545 g/mol. The summed E-state index contributed by atoms with van der Waals surface area (Å²) in [7, 11) is 0. The maximum atomic E-state index is 12.8. The third-order valence-corrected chi connectivity index (χ3v) is 6.40. The highest BCUT2D eigenvalue weighted by molar-refractivity contribution is 5.94. The van der Waals surface area contributed by atoms with Crippen molar-refractivity contribution in [3.05, 3.63) is 65.2 Å². The summed E-state index contributed by atoms with van der Waals surface area (Å²) >= 11 is 0. The van der Waals surface area contributed by atoms with Crippen molar-refractivity contribution in [3.8, 4) is 22.9 Å². The fraction of sp³-hybridized carbons (Fsp3) is 0.231. The Morgan fingerprint density at radius 3 is 2.62 bits per heavy atom. The number of aliphatic hydroxyl groups is 2. The number of ether oxygens (including phenoxy) is 1. The first-order chi connectivity index (χ1) is 19.4. The molecule has 0 spiro atoms. The Labute approximate surface area is 225 Å². The van der Waals surface area contributed by atoms with Gasteiger partial charge in [-0.15, -0.1) is 10.2 Å². The summed E-state index contributed by atoms with van der Waals surface area (Å²) in [5, 5.41) is 33.7. The Bertz CT molecular complexity index is 1750. The number of nitrogens with one attached hydrogen (secondary N) is 3. The van der Waals surface area contributed by atoms with Gasteiger partial charge in [-0.05, 0) is 30.3 Å². The van der Waals surface area contributed by atoms with E-state index in [1.54, 1.807) is 18.2 Å². The fourth-order valence-electron chi connectivity index (χ4n) is 4.49. The zero-order chi connectivity index (χ0) is 27.8. The van der Waals surface area contributed by atoms with Crippen LogP contribution in [0.15, 0.2) is 64.1 Å². The lowest BCUT2D eigenvalue weighted by molar-refractivity contribution is -0.114. The zero-order valence-electron chi connectivity index (χ0n) is 21.1. The number of aliphatic hydroxyl groups excluding tert-OH is 2. The second-order valence-electron chi connectivity index (χ2n) is 9.20. The summed E-state index contributed by atoms with van der Waals surface area (Å²) in [6.07, 6.45) is -0.706. The molecule has 2 unspecified atom stereocenters. The molecule has 0 aliphatic carbocycles. The molecule has 1 amide bonds. The third kappa shape index (κ3) is 4.82. The summed E-state index contributed by atoms with van der Waals surface area (Å²) in [5.74, 6) is 0.367. The van der Waals surface area contributed by atoms with Gasteiger partial charge in [-0.1, -0.05) is 18.2 Å². The van der Waals surface area contributed by atoms with E-state index in [0.29, 0.717) is 22.8 Å². The molecule has 1 aliphatic heterocycles. The minimum Gasteiger partial charge on any atom is -0.416 e. The monoisotopic (exact) mass is 544 g/mol. The van der Waals surface area contributed by atoms with Gasteiger partial charge in [-0.2, -0.15) is 4.98 Å². The number of aromatic amines is 1. The molecule has 5 aromatic rings. The van der Waals surface area contributed by atoms with Crippen LogP contribution in [0.2, 0.25) is 0 Å². The molecule has 3 atom stereocenters. The van der Waals surface area contributed by atoms with Crippen molar-refractivity contribution in [1.82, 2.24) is 29.7 Å². The van der Waals surface area contributed by atoms with Crippen LogP contribution >= 0.6 is 0 Å². The number of hydrogen-bond donors (Lipinski definition) is 5. The summed E-state index contributed by atoms with van der Waals surface area (Å²) in [6.45, 7) is 1.03. The molecule has 4 heterocycles. The molecule has 5 N–H and O–H groups in total. The summed E-state index contributed by atoms with van der Waals surface area (Å²) in [6, 6.07) is 14.4. The van der Waals surface area contributed by atoms with Crippen LogP contribution in [0, 0.1) is 0 Å². The van der Waals surface area contributed by atoms with Crippen molar-refractivity contribution in [2.24, 2.45) is 0 Å². The van der Waals surface area contributed by atoms with E-state index in [2.05, 4.69) is 35.8 Å². The van der Waals surface area contributed by atoms with Gasteiger partial charge in [0, 0.05) is 24.5 Å². The van der Waals surface area contributed by atoms with Crippen molar-refractivity contribution < 1.29 is 24.2 Å².